The lowest BCUT2D eigenvalue weighted by Crippen LogP contribution is -2.42. The van der Waals surface area contributed by atoms with Gasteiger partial charge in [-0.25, -0.2) is 0 Å². The fraction of sp³-hybridized carbons (Fsp3) is 0.421. The SMILES string of the molecule is Cc1cc(C(=O)NC2CCNCC2)ccc1-c1cccc(C[C@H](CC(=O)C2CCC(CN)CC2)C(=O)Nc2ccc(-c3nn[nH]n3)cc2)c1. The molecule has 1 aliphatic carbocycles. The number of carbonyl (C=O) groups is 3. The molecule has 3 aromatic carbocycles. The Kier molecular flexibility index (Phi) is 11.2. The van der Waals surface area contributed by atoms with Crippen molar-refractivity contribution in [3.8, 4) is 22.5 Å². The molecular weight excluding hydrogens is 616 g/mol. The van der Waals surface area contributed by atoms with Crippen LogP contribution in [0.5, 0.6) is 0 Å². The minimum atomic E-state index is -0.547. The number of aromatic nitrogens is 4. The summed E-state index contributed by atoms with van der Waals surface area (Å²) in [7, 11) is 0. The molecule has 1 aliphatic heterocycles. The summed E-state index contributed by atoms with van der Waals surface area (Å²) in [5, 5.41) is 23.6. The average molecular weight is 663 g/mol. The summed E-state index contributed by atoms with van der Waals surface area (Å²) in [4.78, 5) is 40.4. The number of carbonyl (C=O) groups excluding carboxylic acids is 3. The lowest BCUT2D eigenvalue weighted by Gasteiger charge is -2.27. The molecule has 2 fully saturated rings. The van der Waals surface area contributed by atoms with Crippen molar-refractivity contribution in [2.75, 3.05) is 25.0 Å². The predicted molar refractivity (Wildman–Crippen MR) is 190 cm³/mol. The maximum atomic E-state index is 13.8. The van der Waals surface area contributed by atoms with Gasteiger partial charge in [-0.1, -0.05) is 30.3 Å². The number of nitrogens with one attached hydrogen (secondary N) is 4. The first-order chi connectivity index (χ1) is 23.9. The molecule has 0 spiro atoms. The van der Waals surface area contributed by atoms with Crippen molar-refractivity contribution in [3.05, 3.63) is 83.4 Å². The Bertz CT molecular complexity index is 1730. The van der Waals surface area contributed by atoms with E-state index in [4.69, 9.17) is 5.73 Å². The maximum Gasteiger partial charge on any atom is 0.251 e. The fourth-order valence-corrected chi connectivity index (χ4v) is 7.13. The molecule has 6 rings (SSSR count). The zero-order valence-electron chi connectivity index (χ0n) is 28.1. The number of hydrogen-bond donors (Lipinski definition) is 5. The van der Waals surface area contributed by atoms with Crippen molar-refractivity contribution in [3.63, 3.8) is 0 Å². The highest BCUT2D eigenvalue weighted by atomic mass is 16.2. The average Bonchev–Trinajstić information content (AvgIpc) is 3.67. The van der Waals surface area contributed by atoms with Gasteiger partial charge in [-0.05, 0) is 141 Å². The summed E-state index contributed by atoms with van der Waals surface area (Å²) < 4.78 is 0. The van der Waals surface area contributed by atoms with Gasteiger partial charge in [-0.2, -0.15) is 5.21 Å². The number of piperidine rings is 1. The molecule has 4 aromatic rings. The van der Waals surface area contributed by atoms with Crippen molar-refractivity contribution in [2.45, 2.75) is 64.3 Å². The summed E-state index contributed by atoms with van der Waals surface area (Å²) in [6.45, 7) is 4.51. The molecule has 11 heteroatoms. The van der Waals surface area contributed by atoms with Crippen LogP contribution in [-0.4, -0.2) is 63.9 Å². The number of Topliss-reactive ketones (excluding diaryl/α,β-unsaturated/α-hetero) is 1. The van der Waals surface area contributed by atoms with Gasteiger partial charge in [0.2, 0.25) is 11.7 Å². The Morgan fingerprint density at radius 1 is 0.918 bits per heavy atom. The number of nitrogens with zero attached hydrogens (tertiary/aromatic N) is 3. The van der Waals surface area contributed by atoms with Crippen LogP contribution in [0.15, 0.2) is 66.7 Å². The smallest absolute Gasteiger partial charge is 0.251 e. The minimum absolute atomic E-state index is 0.0353. The lowest BCUT2D eigenvalue weighted by molar-refractivity contribution is -0.129. The lowest BCUT2D eigenvalue weighted by atomic mass is 9.77. The van der Waals surface area contributed by atoms with Crippen LogP contribution >= 0.6 is 0 Å². The zero-order valence-corrected chi connectivity index (χ0v) is 28.1. The second-order valence-corrected chi connectivity index (χ2v) is 13.6. The predicted octanol–water partition coefficient (Wildman–Crippen LogP) is 4.85. The first-order valence-electron chi connectivity index (χ1n) is 17.5. The third-order valence-electron chi connectivity index (χ3n) is 10.1. The maximum absolute atomic E-state index is 13.8. The Labute approximate surface area is 287 Å². The molecule has 49 heavy (non-hydrogen) atoms. The largest absolute Gasteiger partial charge is 0.349 e. The number of aromatic amines is 1. The summed E-state index contributed by atoms with van der Waals surface area (Å²) in [6.07, 6.45) is 6.02. The Balaban J connectivity index is 1.17. The van der Waals surface area contributed by atoms with E-state index in [1.165, 1.54) is 0 Å². The van der Waals surface area contributed by atoms with Gasteiger partial charge in [0.05, 0.1) is 0 Å². The molecule has 256 valence electrons. The molecule has 6 N–H and O–H groups in total. The second-order valence-electron chi connectivity index (χ2n) is 13.6. The minimum Gasteiger partial charge on any atom is -0.349 e. The Hall–Kier alpha value is -4.74. The van der Waals surface area contributed by atoms with Gasteiger partial charge in [0.1, 0.15) is 5.78 Å². The number of nitrogens with two attached hydrogens (primary N) is 1. The van der Waals surface area contributed by atoms with Crippen molar-refractivity contribution in [1.82, 2.24) is 31.3 Å². The molecule has 1 saturated carbocycles. The molecule has 1 aromatic heterocycles. The number of anilines is 1. The fourth-order valence-electron chi connectivity index (χ4n) is 7.13. The van der Waals surface area contributed by atoms with Crippen LogP contribution < -0.4 is 21.7 Å². The highest BCUT2D eigenvalue weighted by Gasteiger charge is 2.30. The first-order valence-corrected chi connectivity index (χ1v) is 17.5. The van der Waals surface area contributed by atoms with E-state index in [-0.39, 0.29) is 36.0 Å². The standard InChI is InChI=1S/C38H46N8O3/c1-24-19-30(37(48)42-33-15-17-40-18-16-33)11-14-34(24)29-4-2-3-26(20-29)21-31(22-35(47)27-7-5-25(23-39)6-8-27)38(49)41-32-12-9-28(10-13-32)36-43-45-46-44-36/h2-4,9-14,19-20,25,27,31,33,40H,5-8,15-18,21-23,39H2,1H3,(H,41,49)(H,42,48)(H,43,44,45,46)/t25?,27?,31-/m1/s1. The van der Waals surface area contributed by atoms with Gasteiger partial charge in [-0.15, -0.1) is 10.2 Å². The van der Waals surface area contributed by atoms with Crippen LogP contribution in [0.25, 0.3) is 22.5 Å². The molecule has 2 heterocycles. The normalized spacial score (nSPS) is 18.8. The van der Waals surface area contributed by atoms with Crippen LogP contribution in [0, 0.1) is 24.7 Å². The van der Waals surface area contributed by atoms with E-state index in [0.29, 0.717) is 36.0 Å². The van der Waals surface area contributed by atoms with Gasteiger partial charge in [-0.3, -0.25) is 14.4 Å². The molecule has 1 saturated heterocycles. The van der Waals surface area contributed by atoms with Gasteiger partial charge in [0.15, 0.2) is 0 Å². The Morgan fingerprint density at radius 2 is 1.69 bits per heavy atom. The highest BCUT2D eigenvalue weighted by Crippen LogP contribution is 2.32. The molecule has 0 radical (unpaired) electrons. The van der Waals surface area contributed by atoms with E-state index in [9.17, 15) is 14.4 Å². The van der Waals surface area contributed by atoms with Crippen molar-refractivity contribution < 1.29 is 14.4 Å². The second kappa shape index (κ2) is 16.1. The topological polar surface area (TPSA) is 168 Å². The molecular formula is C38H46N8O3. The van der Waals surface area contributed by atoms with Gasteiger partial charge >= 0.3 is 0 Å². The molecule has 1 atom stereocenters. The van der Waals surface area contributed by atoms with E-state index < -0.39 is 5.92 Å². The first kappa shape index (κ1) is 34.1. The quantitative estimate of drug-likeness (QED) is 0.144. The zero-order chi connectivity index (χ0) is 34.2. The van der Waals surface area contributed by atoms with Crippen molar-refractivity contribution >= 4 is 23.3 Å². The number of amides is 2. The molecule has 0 bridgehead atoms. The molecule has 11 nitrogen and oxygen atoms in total. The number of aryl methyl sites for hydroxylation is 1. The number of rotatable bonds is 12. The van der Waals surface area contributed by atoms with Crippen molar-refractivity contribution in [1.29, 1.82) is 0 Å². The van der Waals surface area contributed by atoms with Crippen LogP contribution in [0.4, 0.5) is 5.69 Å². The Morgan fingerprint density at radius 3 is 2.39 bits per heavy atom. The summed E-state index contributed by atoms with van der Waals surface area (Å²) in [5.74, 6) is 0.268. The van der Waals surface area contributed by atoms with Crippen LogP contribution in [0.2, 0.25) is 0 Å². The van der Waals surface area contributed by atoms with E-state index >= 15 is 0 Å². The van der Waals surface area contributed by atoms with Gasteiger partial charge < -0.3 is 21.7 Å². The van der Waals surface area contributed by atoms with E-state index in [2.05, 4.69) is 42.6 Å². The number of H-pyrrole nitrogens is 1. The van der Waals surface area contributed by atoms with Crippen LogP contribution in [0.1, 0.15) is 66.4 Å². The van der Waals surface area contributed by atoms with E-state index in [0.717, 1.165) is 79.4 Å². The van der Waals surface area contributed by atoms with E-state index in [1.807, 2.05) is 55.5 Å². The van der Waals surface area contributed by atoms with Gasteiger partial charge in [0, 0.05) is 41.1 Å². The van der Waals surface area contributed by atoms with Crippen LogP contribution in [-0.2, 0) is 16.0 Å². The van der Waals surface area contributed by atoms with E-state index in [1.54, 1.807) is 12.1 Å². The molecule has 2 aliphatic rings. The number of benzene rings is 3. The molecule has 2 amide bonds. The number of tetrazole rings is 1. The van der Waals surface area contributed by atoms with Crippen LogP contribution in [0.3, 0.4) is 0 Å². The summed E-state index contributed by atoms with van der Waals surface area (Å²) >= 11 is 0. The van der Waals surface area contributed by atoms with Gasteiger partial charge in [0.25, 0.3) is 5.91 Å². The monoisotopic (exact) mass is 662 g/mol. The summed E-state index contributed by atoms with van der Waals surface area (Å²) in [5.41, 5.74) is 11.9. The third kappa shape index (κ3) is 8.84. The third-order valence-corrected chi connectivity index (χ3v) is 10.1. The summed E-state index contributed by atoms with van der Waals surface area (Å²) in [6, 6.07) is 21.4. The number of hydrogen-bond acceptors (Lipinski definition) is 8. The molecule has 0 unspecified atom stereocenters. The van der Waals surface area contributed by atoms with Crippen molar-refractivity contribution in [2.24, 2.45) is 23.5 Å². The highest BCUT2D eigenvalue weighted by molar-refractivity contribution is 5.96. The number of ketones is 1.